The molecule has 3 heterocycles. The van der Waals surface area contributed by atoms with Crippen LogP contribution in [0.1, 0.15) is 11.4 Å². The summed E-state index contributed by atoms with van der Waals surface area (Å²) in [4.78, 5) is 13.7. The Kier molecular flexibility index (Phi) is 8.27. The van der Waals surface area contributed by atoms with Crippen LogP contribution in [0.15, 0.2) is 46.9 Å². The van der Waals surface area contributed by atoms with E-state index in [-0.39, 0.29) is 30.6 Å². The molecule has 3 aromatic heterocycles. The number of aryl methyl sites for hydroxylation is 1. The monoisotopic (exact) mass is 402 g/mol. The Bertz CT molecular complexity index is 771. The first-order chi connectivity index (χ1) is 10.7. The smallest absolute Gasteiger partial charge is 0.188 e. The van der Waals surface area contributed by atoms with E-state index in [4.69, 9.17) is 0 Å². The van der Waals surface area contributed by atoms with Gasteiger partial charge in [0.05, 0.1) is 11.4 Å². The van der Waals surface area contributed by atoms with Gasteiger partial charge in [-0.05, 0) is 25.1 Å². The van der Waals surface area contributed by atoms with Gasteiger partial charge in [-0.25, -0.2) is 9.97 Å². The maximum absolute atomic E-state index is 10.1. The van der Waals surface area contributed by atoms with E-state index in [2.05, 4.69) is 20.3 Å². The van der Waals surface area contributed by atoms with Crippen LogP contribution in [0.25, 0.3) is 0 Å². The number of hydrogen-bond acceptors (Lipinski definition) is 7. The highest BCUT2D eigenvalue weighted by atomic mass is 35.5. The van der Waals surface area contributed by atoms with Crippen LogP contribution in [0.2, 0.25) is 0 Å². The van der Waals surface area contributed by atoms with Gasteiger partial charge in [-0.15, -0.1) is 47.9 Å². The summed E-state index contributed by atoms with van der Waals surface area (Å²) < 4.78 is 0. The summed E-state index contributed by atoms with van der Waals surface area (Å²) in [5.74, 6) is 1.26. The van der Waals surface area contributed by atoms with Crippen LogP contribution in [0.5, 0.6) is 5.75 Å². The molecule has 0 aliphatic rings. The number of thioether (sulfide) groups is 1. The molecule has 0 spiro atoms. The van der Waals surface area contributed by atoms with Crippen molar-refractivity contribution in [1.82, 2.24) is 15.0 Å². The number of hydrogen-bond donors (Lipinski definition) is 2. The van der Waals surface area contributed by atoms with E-state index in [9.17, 15) is 5.11 Å². The average molecular weight is 403 g/mol. The third kappa shape index (κ3) is 5.52. The molecule has 0 radical (unpaired) electrons. The van der Waals surface area contributed by atoms with Crippen LogP contribution >= 0.6 is 47.9 Å². The second-order valence-corrected chi connectivity index (χ2v) is 6.47. The van der Waals surface area contributed by atoms with Crippen molar-refractivity contribution in [3.05, 3.63) is 53.4 Å². The normalized spacial score (nSPS) is 9.71. The van der Waals surface area contributed by atoms with E-state index in [1.807, 2.05) is 30.5 Å². The number of aromatic hydroxyl groups is 1. The standard InChI is InChI=1S/C15H14N4OS2.2ClH/c1-10-8-22-15(18-10)19-14-13(20)6-12(7-17-14)21-9-11-4-2-3-5-16-11;;/h2-8,20H,9H2,1H3,(H,17,18,19);2*1H. The van der Waals surface area contributed by atoms with Gasteiger partial charge < -0.3 is 10.4 Å². The molecule has 0 aliphatic heterocycles. The van der Waals surface area contributed by atoms with E-state index in [0.717, 1.165) is 22.0 Å². The second-order valence-electron chi connectivity index (χ2n) is 4.57. The van der Waals surface area contributed by atoms with E-state index >= 15 is 0 Å². The van der Waals surface area contributed by atoms with Crippen LogP contribution in [0.4, 0.5) is 10.9 Å². The average Bonchev–Trinajstić information content (AvgIpc) is 2.94. The molecule has 0 unspecified atom stereocenters. The van der Waals surface area contributed by atoms with Crippen molar-refractivity contribution in [1.29, 1.82) is 0 Å². The summed E-state index contributed by atoms with van der Waals surface area (Å²) in [6, 6.07) is 7.52. The van der Waals surface area contributed by atoms with E-state index < -0.39 is 0 Å². The lowest BCUT2D eigenvalue weighted by molar-refractivity contribution is 0.474. The summed E-state index contributed by atoms with van der Waals surface area (Å²) in [5, 5.41) is 15.8. The first kappa shape index (κ1) is 20.5. The van der Waals surface area contributed by atoms with Crippen molar-refractivity contribution < 1.29 is 5.11 Å². The summed E-state index contributed by atoms with van der Waals surface area (Å²) in [6.07, 6.45) is 3.50. The van der Waals surface area contributed by atoms with Gasteiger partial charge >= 0.3 is 0 Å². The molecule has 0 saturated carbocycles. The number of nitrogens with one attached hydrogen (secondary N) is 1. The molecule has 3 aromatic rings. The van der Waals surface area contributed by atoms with Crippen LogP contribution in [-0.2, 0) is 5.75 Å². The van der Waals surface area contributed by atoms with E-state index in [1.165, 1.54) is 11.3 Å². The predicted molar refractivity (Wildman–Crippen MR) is 104 cm³/mol. The molecule has 0 atom stereocenters. The van der Waals surface area contributed by atoms with Crippen LogP contribution in [-0.4, -0.2) is 20.1 Å². The molecule has 128 valence electrons. The highest BCUT2D eigenvalue weighted by Gasteiger charge is 2.07. The minimum atomic E-state index is 0. The van der Waals surface area contributed by atoms with Crippen LogP contribution in [0.3, 0.4) is 0 Å². The zero-order valence-electron chi connectivity index (χ0n) is 12.7. The third-order valence-electron chi connectivity index (χ3n) is 2.80. The Labute approximate surface area is 160 Å². The second kappa shape index (κ2) is 9.68. The fourth-order valence-electron chi connectivity index (χ4n) is 1.76. The molecule has 0 amide bonds. The van der Waals surface area contributed by atoms with Crippen LogP contribution in [0, 0.1) is 6.92 Å². The molecule has 0 aromatic carbocycles. The van der Waals surface area contributed by atoms with Gasteiger partial charge in [0, 0.05) is 28.4 Å². The van der Waals surface area contributed by atoms with Gasteiger partial charge in [0.25, 0.3) is 0 Å². The molecule has 0 saturated heterocycles. The van der Waals surface area contributed by atoms with E-state index in [0.29, 0.717) is 10.9 Å². The Hall–Kier alpha value is -1.54. The lowest BCUT2D eigenvalue weighted by Crippen LogP contribution is -1.94. The van der Waals surface area contributed by atoms with Crippen molar-refractivity contribution in [3.63, 3.8) is 0 Å². The fourth-order valence-corrected chi connectivity index (χ4v) is 3.26. The van der Waals surface area contributed by atoms with Crippen LogP contribution < -0.4 is 5.32 Å². The first-order valence-corrected chi connectivity index (χ1v) is 8.48. The van der Waals surface area contributed by atoms with Gasteiger partial charge in [0.2, 0.25) is 0 Å². The molecule has 0 fully saturated rings. The molecule has 24 heavy (non-hydrogen) atoms. The van der Waals surface area contributed by atoms with Gasteiger partial charge in [-0.3, -0.25) is 4.98 Å². The molecule has 5 nitrogen and oxygen atoms in total. The molecule has 9 heteroatoms. The van der Waals surface area contributed by atoms with Crippen molar-refractivity contribution in [2.24, 2.45) is 0 Å². The number of halogens is 2. The number of aromatic nitrogens is 3. The fraction of sp³-hybridized carbons (Fsp3) is 0.133. The Balaban J connectivity index is 0.00000144. The van der Waals surface area contributed by atoms with Gasteiger partial charge in [-0.2, -0.15) is 0 Å². The molecule has 3 rings (SSSR count). The van der Waals surface area contributed by atoms with Crippen molar-refractivity contribution in [3.8, 4) is 5.75 Å². The van der Waals surface area contributed by atoms with Crippen molar-refractivity contribution in [2.45, 2.75) is 17.6 Å². The number of anilines is 2. The molecular formula is C15H16Cl2N4OS2. The Morgan fingerprint density at radius 2 is 2.08 bits per heavy atom. The third-order valence-corrected chi connectivity index (χ3v) is 4.67. The highest BCUT2D eigenvalue weighted by molar-refractivity contribution is 7.98. The van der Waals surface area contributed by atoms with Crippen molar-refractivity contribution >= 4 is 58.9 Å². The largest absolute Gasteiger partial charge is 0.504 e. The number of rotatable bonds is 5. The maximum atomic E-state index is 10.1. The van der Waals surface area contributed by atoms with Crippen molar-refractivity contribution in [2.75, 3.05) is 5.32 Å². The topological polar surface area (TPSA) is 70.9 Å². The summed E-state index contributed by atoms with van der Waals surface area (Å²) in [6.45, 7) is 1.92. The number of nitrogens with zero attached hydrogens (tertiary/aromatic N) is 3. The molecule has 2 N–H and O–H groups in total. The minimum Gasteiger partial charge on any atom is -0.504 e. The highest BCUT2D eigenvalue weighted by Crippen LogP contribution is 2.31. The first-order valence-electron chi connectivity index (χ1n) is 6.61. The summed E-state index contributed by atoms with van der Waals surface area (Å²) >= 11 is 3.06. The molecule has 0 bridgehead atoms. The van der Waals surface area contributed by atoms with Gasteiger partial charge in [-0.1, -0.05) is 6.07 Å². The SMILES string of the molecule is Cc1csc(Nc2ncc(SCc3ccccn3)cc2O)n1.Cl.Cl. The minimum absolute atomic E-state index is 0. The quantitative estimate of drug-likeness (QED) is 0.595. The number of pyridine rings is 2. The zero-order valence-corrected chi connectivity index (χ0v) is 15.9. The zero-order chi connectivity index (χ0) is 15.4. The van der Waals surface area contributed by atoms with Gasteiger partial charge in [0.15, 0.2) is 16.7 Å². The lowest BCUT2D eigenvalue weighted by Gasteiger charge is -2.06. The Morgan fingerprint density at radius 1 is 1.25 bits per heavy atom. The predicted octanol–water partition coefficient (Wildman–Crippen LogP) is 4.83. The summed E-state index contributed by atoms with van der Waals surface area (Å²) in [7, 11) is 0. The Morgan fingerprint density at radius 3 is 2.71 bits per heavy atom. The van der Waals surface area contributed by atoms with Gasteiger partial charge in [0.1, 0.15) is 0 Å². The molecule has 0 aliphatic carbocycles. The lowest BCUT2D eigenvalue weighted by atomic mass is 10.4. The maximum Gasteiger partial charge on any atom is 0.188 e. The molecular weight excluding hydrogens is 387 g/mol. The van der Waals surface area contributed by atoms with E-state index in [1.54, 1.807) is 30.2 Å². The number of thiazole rings is 1. The summed E-state index contributed by atoms with van der Waals surface area (Å²) in [5.41, 5.74) is 1.93.